The molecule has 0 saturated carbocycles. The highest BCUT2D eigenvalue weighted by atomic mass is 16.3. The Hall–Kier alpha value is -1.41. The highest BCUT2D eigenvalue weighted by Crippen LogP contribution is 2.17. The van der Waals surface area contributed by atoms with E-state index in [2.05, 4.69) is 30.1 Å². The molecule has 2 rings (SSSR count). The molecule has 0 aliphatic heterocycles. The van der Waals surface area contributed by atoms with E-state index in [9.17, 15) is 5.11 Å². The first kappa shape index (κ1) is 11.1. The number of fused-ring (bicyclic) bond motifs is 1. The minimum absolute atomic E-state index is 0.260. The van der Waals surface area contributed by atoms with E-state index < -0.39 is 0 Å². The average Bonchev–Trinajstić information content (AvgIpc) is 2.28. The van der Waals surface area contributed by atoms with Crippen LogP contribution in [0.3, 0.4) is 0 Å². The molecule has 2 unspecified atom stereocenters. The summed E-state index contributed by atoms with van der Waals surface area (Å²) in [7, 11) is 0. The Bertz CT molecular complexity index is 479. The molecule has 1 heterocycles. The Balaban J connectivity index is 2.26. The van der Waals surface area contributed by atoms with Crippen LogP contribution in [0.5, 0.6) is 0 Å². The fourth-order valence-corrected chi connectivity index (χ4v) is 1.79. The van der Waals surface area contributed by atoms with Gasteiger partial charge >= 0.3 is 0 Å². The number of benzene rings is 1. The molecule has 1 aromatic carbocycles. The van der Waals surface area contributed by atoms with Crippen molar-refractivity contribution in [3.63, 3.8) is 0 Å². The zero-order valence-electron chi connectivity index (χ0n) is 9.72. The maximum Gasteiger partial charge on any atom is 0.0702 e. The molecule has 0 amide bonds. The van der Waals surface area contributed by atoms with Gasteiger partial charge in [-0.2, -0.15) is 0 Å². The van der Waals surface area contributed by atoms with Crippen LogP contribution in [0.1, 0.15) is 19.4 Å². The highest BCUT2D eigenvalue weighted by Gasteiger charge is 2.09. The van der Waals surface area contributed by atoms with Crippen LogP contribution >= 0.6 is 0 Å². The van der Waals surface area contributed by atoms with E-state index in [0.717, 1.165) is 17.3 Å². The summed E-state index contributed by atoms with van der Waals surface area (Å²) in [5, 5.41) is 10.6. The molecule has 2 atom stereocenters. The van der Waals surface area contributed by atoms with Crippen molar-refractivity contribution in [2.24, 2.45) is 5.92 Å². The van der Waals surface area contributed by atoms with E-state index in [1.54, 1.807) is 6.20 Å². The van der Waals surface area contributed by atoms with E-state index in [1.165, 1.54) is 5.56 Å². The van der Waals surface area contributed by atoms with Crippen LogP contribution in [-0.2, 0) is 6.42 Å². The average molecular weight is 215 g/mol. The number of nitrogens with zero attached hydrogens (tertiary/aromatic N) is 1. The SMILES string of the molecule is CC(O)C(C)Cc1ccc2ncccc2c1. The monoisotopic (exact) mass is 215 g/mol. The lowest BCUT2D eigenvalue weighted by atomic mass is 9.96. The molecule has 2 aromatic rings. The molecule has 1 N–H and O–H groups in total. The quantitative estimate of drug-likeness (QED) is 0.854. The van der Waals surface area contributed by atoms with E-state index in [-0.39, 0.29) is 12.0 Å². The van der Waals surface area contributed by atoms with Crippen molar-refractivity contribution < 1.29 is 5.11 Å². The number of pyridine rings is 1. The smallest absolute Gasteiger partial charge is 0.0702 e. The molecule has 0 saturated heterocycles. The summed E-state index contributed by atoms with van der Waals surface area (Å²) in [5.41, 5.74) is 2.28. The normalized spacial score (nSPS) is 14.9. The van der Waals surface area contributed by atoms with Crippen molar-refractivity contribution >= 4 is 10.9 Å². The molecule has 0 fully saturated rings. The second kappa shape index (κ2) is 4.62. The summed E-state index contributed by atoms with van der Waals surface area (Å²) in [6.45, 7) is 3.91. The van der Waals surface area contributed by atoms with Gasteiger partial charge in [0.25, 0.3) is 0 Å². The van der Waals surface area contributed by atoms with Gasteiger partial charge in [-0.15, -0.1) is 0 Å². The predicted molar refractivity (Wildman–Crippen MR) is 66.3 cm³/mol. The van der Waals surface area contributed by atoms with Crippen molar-refractivity contribution in [3.05, 3.63) is 42.1 Å². The standard InChI is InChI=1S/C14H17NO/c1-10(11(2)16)8-12-5-6-14-13(9-12)4-3-7-15-14/h3-7,9-11,16H,8H2,1-2H3. The largest absolute Gasteiger partial charge is 0.393 e. The summed E-state index contributed by atoms with van der Waals surface area (Å²) in [6, 6.07) is 10.3. The number of aromatic nitrogens is 1. The molecule has 0 radical (unpaired) electrons. The van der Waals surface area contributed by atoms with Gasteiger partial charge in [-0.25, -0.2) is 0 Å². The van der Waals surface area contributed by atoms with Crippen LogP contribution in [0.2, 0.25) is 0 Å². The van der Waals surface area contributed by atoms with Gasteiger partial charge in [0.1, 0.15) is 0 Å². The predicted octanol–water partition coefficient (Wildman–Crippen LogP) is 2.79. The van der Waals surface area contributed by atoms with E-state index >= 15 is 0 Å². The van der Waals surface area contributed by atoms with Crippen LogP contribution in [0.15, 0.2) is 36.5 Å². The minimum Gasteiger partial charge on any atom is -0.393 e. The Morgan fingerprint density at radius 2 is 2.06 bits per heavy atom. The molecule has 0 aliphatic carbocycles. The fraction of sp³-hybridized carbons (Fsp3) is 0.357. The van der Waals surface area contributed by atoms with E-state index in [0.29, 0.717) is 0 Å². The van der Waals surface area contributed by atoms with Gasteiger partial charge in [0.2, 0.25) is 0 Å². The van der Waals surface area contributed by atoms with Crippen LogP contribution in [0.25, 0.3) is 10.9 Å². The van der Waals surface area contributed by atoms with Gasteiger partial charge in [0.15, 0.2) is 0 Å². The molecule has 2 nitrogen and oxygen atoms in total. The van der Waals surface area contributed by atoms with Gasteiger partial charge in [-0.05, 0) is 43.0 Å². The lowest BCUT2D eigenvalue weighted by Crippen LogP contribution is -2.15. The Morgan fingerprint density at radius 1 is 1.25 bits per heavy atom. The van der Waals surface area contributed by atoms with Crippen LogP contribution < -0.4 is 0 Å². The Morgan fingerprint density at radius 3 is 2.81 bits per heavy atom. The van der Waals surface area contributed by atoms with Gasteiger partial charge in [0.05, 0.1) is 11.6 Å². The second-order valence-electron chi connectivity index (χ2n) is 4.45. The van der Waals surface area contributed by atoms with Crippen LogP contribution in [0.4, 0.5) is 0 Å². The Kier molecular flexibility index (Phi) is 3.20. The summed E-state index contributed by atoms with van der Waals surface area (Å²) < 4.78 is 0. The third-order valence-electron chi connectivity index (χ3n) is 3.05. The highest BCUT2D eigenvalue weighted by molar-refractivity contribution is 5.78. The zero-order chi connectivity index (χ0) is 11.5. The van der Waals surface area contributed by atoms with Crippen LogP contribution in [-0.4, -0.2) is 16.2 Å². The second-order valence-corrected chi connectivity index (χ2v) is 4.45. The van der Waals surface area contributed by atoms with Crippen molar-refractivity contribution in [2.75, 3.05) is 0 Å². The molecule has 0 spiro atoms. The minimum atomic E-state index is -0.260. The van der Waals surface area contributed by atoms with Crippen molar-refractivity contribution in [1.29, 1.82) is 0 Å². The number of aliphatic hydroxyl groups excluding tert-OH is 1. The van der Waals surface area contributed by atoms with Gasteiger partial charge in [0, 0.05) is 11.6 Å². The summed E-state index contributed by atoms with van der Waals surface area (Å²) in [5.74, 6) is 0.286. The molecular weight excluding hydrogens is 198 g/mol. The first-order valence-electron chi connectivity index (χ1n) is 5.68. The number of hydrogen-bond acceptors (Lipinski definition) is 2. The molecule has 2 heteroatoms. The summed E-state index contributed by atoms with van der Waals surface area (Å²) in [6.07, 6.45) is 2.45. The maximum atomic E-state index is 9.48. The van der Waals surface area contributed by atoms with E-state index in [4.69, 9.17) is 0 Å². The topological polar surface area (TPSA) is 33.1 Å². The van der Waals surface area contributed by atoms with Crippen LogP contribution in [0, 0.1) is 5.92 Å². The number of rotatable bonds is 3. The van der Waals surface area contributed by atoms with Crippen molar-refractivity contribution in [2.45, 2.75) is 26.4 Å². The van der Waals surface area contributed by atoms with Gasteiger partial charge in [-0.1, -0.05) is 19.1 Å². The summed E-state index contributed by atoms with van der Waals surface area (Å²) in [4.78, 5) is 4.29. The fourth-order valence-electron chi connectivity index (χ4n) is 1.79. The first-order valence-corrected chi connectivity index (χ1v) is 5.68. The van der Waals surface area contributed by atoms with Gasteiger partial charge in [-0.3, -0.25) is 4.98 Å². The lowest BCUT2D eigenvalue weighted by molar-refractivity contribution is 0.135. The number of aliphatic hydroxyl groups is 1. The molecule has 0 bridgehead atoms. The summed E-state index contributed by atoms with van der Waals surface area (Å²) >= 11 is 0. The zero-order valence-corrected chi connectivity index (χ0v) is 9.72. The first-order chi connectivity index (χ1) is 7.66. The molecule has 0 aliphatic rings. The van der Waals surface area contributed by atoms with E-state index in [1.807, 2.05) is 19.1 Å². The lowest BCUT2D eigenvalue weighted by Gasteiger charge is -2.14. The Labute approximate surface area is 96.0 Å². The third-order valence-corrected chi connectivity index (χ3v) is 3.05. The third kappa shape index (κ3) is 2.39. The molecular formula is C14H17NO. The van der Waals surface area contributed by atoms with Crippen molar-refractivity contribution in [3.8, 4) is 0 Å². The maximum absolute atomic E-state index is 9.48. The molecule has 84 valence electrons. The molecule has 16 heavy (non-hydrogen) atoms. The van der Waals surface area contributed by atoms with Gasteiger partial charge < -0.3 is 5.11 Å². The number of hydrogen-bond donors (Lipinski definition) is 1. The molecule has 1 aromatic heterocycles. The van der Waals surface area contributed by atoms with Crippen molar-refractivity contribution in [1.82, 2.24) is 4.98 Å².